The van der Waals surface area contributed by atoms with Crippen molar-refractivity contribution in [3.05, 3.63) is 23.8 Å². The van der Waals surface area contributed by atoms with Crippen molar-refractivity contribution in [3.63, 3.8) is 0 Å². The van der Waals surface area contributed by atoms with Crippen LogP contribution in [0.1, 0.15) is 5.56 Å². The van der Waals surface area contributed by atoms with Crippen molar-refractivity contribution in [3.8, 4) is 11.8 Å². The maximum Gasteiger partial charge on any atom is 0.145 e. The molecule has 0 unspecified atom stereocenters. The van der Waals surface area contributed by atoms with Crippen LogP contribution < -0.4 is 10.5 Å². The van der Waals surface area contributed by atoms with E-state index in [4.69, 9.17) is 20.5 Å². The summed E-state index contributed by atoms with van der Waals surface area (Å²) in [7, 11) is 0. The third kappa shape index (κ3) is 1.63. The predicted octanol–water partition coefficient (Wildman–Crippen LogP) is 0.918. The second kappa shape index (κ2) is 3.56. The van der Waals surface area contributed by atoms with Gasteiger partial charge in [-0.05, 0) is 12.1 Å². The fourth-order valence-electron chi connectivity index (χ4n) is 1.17. The quantitative estimate of drug-likeness (QED) is 0.704. The van der Waals surface area contributed by atoms with Crippen molar-refractivity contribution in [2.24, 2.45) is 0 Å². The Labute approximate surface area is 81.8 Å². The average Bonchev–Trinajstić information content (AvgIpc) is 2.14. The number of nitrogens with zero attached hydrogens (tertiary/aromatic N) is 1. The summed E-state index contributed by atoms with van der Waals surface area (Å²) in [6, 6.07) is 7.02. The summed E-state index contributed by atoms with van der Waals surface area (Å²) in [6.45, 7) is 1.19. The number of hydrogen-bond donors (Lipinski definition) is 1. The Bertz CT molecular complexity index is 380. The minimum atomic E-state index is 0.0752. The van der Waals surface area contributed by atoms with E-state index in [1.54, 1.807) is 18.2 Å². The summed E-state index contributed by atoms with van der Waals surface area (Å²) in [5, 5.41) is 8.69. The predicted molar refractivity (Wildman–Crippen MR) is 50.8 cm³/mol. The van der Waals surface area contributed by atoms with Gasteiger partial charge in [0.25, 0.3) is 0 Å². The number of benzene rings is 1. The molecular weight excluding hydrogens is 180 g/mol. The van der Waals surface area contributed by atoms with E-state index in [9.17, 15) is 0 Å². The fourth-order valence-corrected chi connectivity index (χ4v) is 1.17. The minimum absolute atomic E-state index is 0.0752. The van der Waals surface area contributed by atoms with Crippen molar-refractivity contribution in [1.82, 2.24) is 0 Å². The molecule has 1 aliphatic heterocycles. The Hall–Kier alpha value is -1.73. The Morgan fingerprint density at radius 2 is 2.29 bits per heavy atom. The number of hydrogen-bond acceptors (Lipinski definition) is 4. The van der Waals surface area contributed by atoms with Gasteiger partial charge in [0.05, 0.1) is 30.5 Å². The van der Waals surface area contributed by atoms with Crippen molar-refractivity contribution in [2.45, 2.75) is 6.10 Å². The van der Waals surface area contributed by atoms with Crippen LogP contribution in [0, 0.1) is 11.3 Å². The summed E-state index contributed by atoms with van der Waals surface area (Å²) in [5.74, 6) is 0.567. The Kier molecular flexibility index (Phi) is 2.25. The van der Waals surface area contributed by atoms with Crippen molar-refractivity contribution in [2.75, 3.05) is 18.9 Å². The molecule has 0 spiro atoms. The smallest absolute Gasteiger partial charge is 0.145 e. The summed E-state index contributed by atoms with van der Waals surface area (Å²) in [5.41, 5.74) is 6.80. The lowest BCUT2D eigenvalue weighted by Crippen LogP contribution is -2.38. The Morgan fingerprint density at radius 1 is 1.50 bits per heavy atom. The van der Waals surface area contributed by atoms with Gasteiger partial charge in [0.15, 0.2) is 0 Å². The van der Waals surface area contributed by atoms with E-state index in [1.807, 2.05) is 6.07 Å². The molecule has 2 rings (SSSR count). The van der Waals surface area contributed by atoms with Gasteiger partial charge in [0, 0.05) is 6.07 Å². The summed E-state index contributed by atoms with van der Waals surface area (Å²) >= 11 is 0. The van der Waals surface area contributed by atoms with Crippen molar-refractivity contribution >= 4 is 5.69 Å². The van der Waals surface area contributed by atoms with Crippen LogP contribution in [-0.2, 0) is 4.74 Å². The van der Waals surface area contributed by atoms with Crippen LogP contribution in [-0.4, -0.2) is 19.3 Å². The van der Waals surface area contributed by atoms with Gasteiger partial charge in [-0.3, -0.25) is 0 Å². The summed E-state index contributed by atoms with van der Waals surface area (Å²) < 4.78 is 10.5. The van der Waals surface area contributed by atoms with Crippen LogP contribution in [0.2, 0.25) is 0 Å². The molecule has 1 heterocycles. The molecule has 14 heavy (non-hydrogen) atoms. The largest absolute Gasteiger partial charge is 0.483 e. The first-order valence-corrected chi connectivity index (χ1v) is 4.33. The summed E-state index contributed by atoms with van der Waals surface area (Å²) in [4.78, 5) is 0. The van der Waals surface area contributed by atoms with Gasteiger partial charge in [-0.2, -0.15) is 5.26 Å². The summed E-state index contributed by atoms with van der Waals surface area (Å²) in [6.07, 6.45) is 0.0752. The fraction of sp³-hybridized carbons (Fsp3) is 0.300. The lowest BCUT2D eigenvalue weighted by molar-refractivity contribution is -0.0793. The second-order valence-corrected chi connectivity index (χ2v) is 3.14. The van der Waals surface area contributed by atoms with E-state index >= 15 is 0 Å². The second-order valence-electron chi connectivity index (χ2n) is 3.14. The maximum atomic E-state index is 8.69. The molecule has 1 aromatic rings. The SMILES string of the molecule is N#Cc1ccc(N)c(OC2COC2)c1. The molecule has 72 valence electrons. The van der Waals surface area contributed by atoms with E-state index in [1.165, 1.54) is 0 Å². The van der Waals surface area contributed by atoms with E-state index in [0.717, 1.165) is 0 Å². The first-order chi connectivity index (χ1) is 6.79. The molecule has 0 saturated carbocycles. The molecule has 0 amide bonds. The van der Waals surface area contributed by atoms with Gasteiger partial charge in [-0.25, -0.2) is 0 Å². The first-order valence-electron chi connectivity index (χ1n) is 4.33. The number of nitrogens with two attached hydrogens (primary N) is 1. The monoisotopic (exact) mass is 190 g/mol. The number of ether oxygens (including phenoxy) is 2. The zero-order valence-electron chi connectivity index (χ0n) is 7.56. The Morgan fingerprint density at radius 3 is 2.86 bits per heavy atom. The molecule has 0 radical (unpaired) electrons. The van der Waals surface area contributed by atoms with Crippen LogP contribution >= 0.6 is 0 Å². The molecule has 1 fully saturated rings. The Balaban J connectivity index is 2.18. The highest BCUT2D eigenvalue weighted by molar-refractivity contribution is 5.56. The van der Waals surface area contributed by atoms with Gasteiger partial charge in [0.2, 0.25) is 0 Å². The van der Waals surface area contributed by atoms with Crippen LogP contribution in [0.3, 0.4) is 0 Å². The molecule has 1 aromatic carbocycles. The van der Waals surface area contributed by atoms with Gasteiger partial charge in [-0.1, -0.05) is 0 Å². The highest BCUT2D eigenvalue weighted by Crippen LogP contribution is 2.24. The molecule has 0 atom stereocenters. The number of nitriles is 1. The number of anilines is 1. The molecule has 0 aromatic heterocycles. The van der Waals surface area contributed by atoms with Crippen LogP contribution in [0.5, 0.6) is 5.75 Å². The maximum absolute atomic E-state index is 8.69. The number of nitrogen functional groups attached to an aromatic ring is 1. The highest BCUT2D eigenvalue weighted by Gasteiger charge is 2.20. The molecule has 4 heteroatoms. The van der Waals surface area contributed by atoms with E-state index < -0.39 is 0 Å². The van der Waals surface area contributed by atoms with Gasteiger partial charge in [0.1, 0.15) is 11.9 Å². The molecular formula is C10H10N2O2. The molecule has 0 bridgehead atoms. The van der Waals surface area contributed by atoms with Crippen molar-refractivity contribution < 1.29 is 9.47 Å². The third-order valence-corrected chi connectivity index (χ3v) is 2.04. The highest BCUT2D eigenvalue weighted by atomic mass is 16.6. The topological polar surface area (TPSA) is 68.3 Å². The molecule has 4 nitrogen and oxygen atoms in total. The van der Waals surface area contributed by atoms with Gasteiger partial charge in [-0.15, -0.1) is 0 Å². The standard InChI is InChI=1S/C10H10N2O2/c11-4-7-1-2-9(12)10(3-7)14-8-5-13-6-8/h1-3,8H,5-6,12H2. The zero-order valence-corrected chi connectivity index (χ0v) is 7.56. The molecule has 2 N–H and O–H groups in total. The molecule has 1 saturated heterocycles. The molecule has 1 aliphatic rings. The average molecular weight is 190 g/mol. The molecule has 0 aliphatic carbocycles. The van der Waals surface area contributed by atoms with Crippen LogP contribution in [0.25, 0.3) is 0 Å². The lowest BCUT2D eigenvalue weighted by Gasteiger charge is -2.27. The van der Waals surface area contributed by atoms with Gasteiger partial charge < -0.3 is 15.2 Å². The van der Waals surface area contributed by atoms with Crippen molar-refractivity contribution in [1.29, 1.82) is 5.26 Å². The minimum Gasteiger partial charge on any atom is -0.483 e. The number of rotatable bonds is 2. The third-order valence-electron chi connectivity index (χ3n) is 2.04. The first kappa shape index (κ1) is 8.85. The van der Waals surface area contributed by atoms with E-state index in [-0.39, 0.29) is 6.10 Å². The zero-order chi connectivity index (χ0) is 9.97. The van der Waals surface area contributed by atoms with Crippen LogP contribution in [0.4, 0.5) is 5.69 Å². The lowest BCUT2D eigenvalue weighted by atomic mass is 10.2. The van der Waals surface area contributed by atoms with E-state index in [0.29, 0.717) is 30.2 Å². The normalized spacial score (nSPS) is 15.6. The van der Waals surface area contributed by atoms with Gasteiger partial charge >= 0.3 is 0 Å². The van der Waals surface area contributed by atoms with E-state index in [2.05, 4.69) is 0 Å². The van der Waals surface area contributed by atoms with Crippen LogP contribution in [0.15, 0.2) is 18.2 Å².